The summed E-state index contributed by atoms with van der Waals surface area (Å²) in [5.74, 6) is -1.91. The molecule has 2 heterocycles. The molecule has 4 N–H and O–H groups in total. The Labute approximate surface area is 255 Å². The number of benzene rings is 2. The van der Waals surface area contributed by atoms with Gasteiger partial charge in [0.25, 0.3) is 0 Å². The number of hydrogen-bond acceptors (Lipinski definition) is 6. The minimum atomic E-state index is -0.999. The summed E-state index contributed by atoms with van der Waals surface area (Å²) in [6, 6.07) is 9.34. The zero-order valence-corrected chi connectivity index (χ0v) is 25.2. The fourth-order valence-corrected chi connectivity index (χ4v) is 5.31. The number of amides is 3. The number of nitrogens with one attached hydrogen (secondary N) is 3. The molecule has 3 amide bonds. The van der Waals surface area contributed by atoms with Crippen LogP contribution in [-0.2, 0) is 30.3 Å². The van der Waals surface area contributed by atoms with Crippen molar-refractivity contribution in [3.63, 3.8) is 0 Å². The van der Waals surface area contributed by atoms with Gasteiger partial charge in [-0.15, -0.1) is 0 Å². The van der Waals surface area contributed by atoms with E-state index in [1.54, 1.807) is 19.2 Å². The molecule has 11 heteroatoms. The average molecular weight is 609 g/mol. The van der Waals surface area contributed by atoms with Crippen LogP contribution in [0.25, 0.3) is 10.9 Å². The molecule has 0 saturated carbocycles. The highest BCUT2D eigenvalue weighted by atomic mass is 35.5. The zero-order chi connectivity index (χ0) is 31.1. The number of hydrogen-bond donors (Lipinski definition) is 4. The Morgan fingerprint density at radius 3 is 2.60 bits per heavy atom. The van der Waals surface area contributed by atoms with E-state index in [1.165, 1.54) is 24.1 Å². The van der Waals surface area contributed by atoms with Crippen LogP contribution >= 0.6 is 11.6 Å². The summed E-state index contributed by atoms with van der Waals surface area (Å²) >= 11 is 6.17. The molecule has 0 saturated heterocycles. The number of aromatic amines is 1. The minimum Gasteiger partial charge on any atom is -0.506 e. The predicted molar refractivity (Wildman–Crippen MR) is 163 cm³/mol. The molecule has 1 unspecified atom stereocenters. The number of aromatic hydroxyl groups is 1. The molecule has 1 aliphatic rings. The molecule has 4 rings (SSSR count). The lowest BCUT2D eigenvalue weighted by Crippen LogP contribution is -2.54. The van der Waals surface area contributed by atoms with Crippen LogP contribution in [0.5, 0.6) is 5.75 Å². The number of aromatic nitrogens is 1. The first-order chi connectivity index (χ1) is 20.5. The zero-order valence-electron chi connectivity index (χ0n) is 24.5. The number of nitrogens with zero attached hydrogens (tertiary/aromatic N) is 1. The fraction of sp³-hybridized carbons (Fsp3) is 0.375. The van der Waals surface area contributed by atoms with Crippen LogP contribution in [0.2, 0.25) is 5.02 Å². The molecule has 0 aliphatic carbocycles. The number of H-pyrrole nitrogens is 1. The SMILES string of the molecule is C/C1=C\CCOC(=O)C[C@H](c2ccc(O)c(Cl)c2)NC(=O)C(Cc2c[nH]c3ccccc23)N(C)C(=O)[C@H](C)NC(=O)CC1. The molecule has 43 heavy (non-hydrogen) atoms. The van der Waals surface area contributed by atoms with Crippen molar-refractivity contribution >= 4 is 46.2 Å². The van der Waals surface area contributed by atoms with Crippen molar-refractivity contribution in [2.75, 3.05) is 13.7 Å². The molecule has 0 radical (unpaired) electrons. The van der Waals surface area contributed by atoms with Crippen molar-refractivity contribution in [3.05, 3.63) is 76.5 Å². The highest BCUT2D eigenvalue weighted by Gasteiger charge is 2.33. The van der Waals surface area contributed by atoms with Gasteiger partial charge in [0.15, 0.2) is 0 Å². The number of halogens is 1. The molecule has 228 valence electrons. The highest BCUT2D eigenvalue weighted by molar-refractivity contribution is 6.32. The van der Waals surface area contributed by atoms with Crippen LogP contribution in [0.4, 0.5) is 0 Å². The summed E-state index contributed by atoms with van der Waals surface area (Å²) < 4.78 is 5.45. The van der Waals surface area contributed by atoms with Gasteiger partial charge in [0.05, 0.1) is 24.1 Å². The van der Waals surface area contributed by atoms with Gasteiger partial charge in [-0.05, 0) is 56.0 Å². The van der Waals surface area contributed by atoms with E-state index >= 15 is 0 Å². The van der Waals surface area contributed by atoms with Gasteiger partial charge >= 0.3 is 5.97 Å². The van der Waals surface area contributed by atoms with E-state index in [0.29, 0.717) is 18.4 Å². The van der Waals surface area contributed by atoms with Crippen molar-refractivity contribution in [2.45, 2.75) is 64.1 Å². The van der Waals surface area contributed by atoms with Gasteiger partial charge in [0, 0.05) is 37.0 Å². The van der Waals surface area contributed by atoms with Crippen LogP contribution in [0, 0.1) is 0 Å². The van der Waals surface area contributed by atoms with Gasteiger partial charge in [-0.25, -0.2) is 0 Å². The standard InChI is InChI=1S/C32H37ClN4O6/c1-19-7-6-14-43-30(40)17-26(21-11-12-28(38)24(33)15-21)36-31(41)27(16-22-18-34-25-9-5-4-8-23(22)25)37(3)32(42)20(2)35-29(39)13-10-19/h4-5,7-9,11-12,15,18,20,26-27,34,38H,6,10,13-14,16-17H2,1-3H3,(H,35,39)(H,36,41)/b19-7+/t20-,26+,27?/m0/s1. The lowest BCUT2D eigenvalue weighted by atomic mass is 9.99. The predicted octanol–water partition coefficient (Wildman–Crippen LogP) is 4.32. The third-order valence-corrected chi connectivity index (χ3v) is 7.94. The topological polar surface area (TPSA) is 141 Å². The maximum Gasteiger partial charge on any atom is 0.308 e. The monoisotopic (exact) mass is 608 g/mol. The number of fused-ring (bicyclic) bond motifs is 1. The molecule has 0 bridgehead atoms. The van der Waals surface area contributed by atoms with E-state index in [-0.39, 0.29) is 42.5 Å². The van der Waals surface area contributed by atoms with Crippen molar-refractivity contribution in [1.29, 1.82) is 0 Å². The molecule has 0 fully saturated rings. The van der Waals surface area contributed by atoms with Crippen LogP contribution in [0.15, 0.2) is 60.3 Å². The van der Waals surface area contributed by atoms with Crippen molar-refractivity contribution < 1.29 is 29.0 Å². The smallest absolute Gasteiger partial charge is 0.308 e. The van der Waals surface area contributed by atoms with E-state index in [0.717, 1.165) is 22.0 Å². The highest BCUT2D eigenvalue weighted by Crippen LogP contribution is 2.29. The van der Waals surface area contributed by atoms with Gasteiger partial charge < -0.3 is 30.4 Å². The quantitative estimate of drug-likeness (QED) is 0.258. The minimum absolute atomic E-state index is 0.0624. The summed E-state index contributed by atoms with van der Waals surface area (Å²) in [6.45, 7) is 3.62. The Kier molecular flexibility index (Phi) is 10.5. The summed E-state index contributed by atoms with van der Waals surface area (Å²) in [4.78, 5) is 57.7. The number of rotatable bonds is 3. The third kappa shape index (κ3) is 8.16. The number of allylic oxidation sites excluding steroid dienone is 1. The molecule has 2 aromatic carbocycles. The molecule has 3 atom stereocenters. The van der Waals surface area contributed by atoms with Gasteiger partial charge in [-0.2, -0.15) is 0 Å². The van der Waals surface area contributed by atoms with E-state index < -0.39 is 35.9 Å². The number of carbonyl (C=O) groups is 4. The molecule has 10 nitrogen and oxygen atoms in total. The number of esters is 1. The number of cyclic esters (lactones) is 1. The van der Waals surface area contributed by atoms with Gasteiger partial charge in [0.1, 0.15) is 17.8 Å². The maximum atomic E-state index is 14.0. The molecule has 0 spiro atoms. The van der Waals surface area contributed by atoms with Crippen molar-refractivity contribution in [2.24, 2.45) is 0 Å². The fourth-order valence-electron chi connectivity index (χ4n) is 5.13. The Morgan fingerprint density at radius 2 is 1.84 bits per heavy atom. The molecule has 1 aliphatic heterocycles. The lowest BCUT2D eigenvalue weighted by molar-refractivity contribution is -0.145. The van der Waals surface area contributed by atoms with E-state index in [1.807, 2.05) is 37.3 Å². The summed E-state index contributed by atoms with van der Waals surface area (Å²) in [5.41, 5.74) is 3.15. The molecule has 3 aromatic rings. The van der Waals surface area contributed by atoms with Gasteiger partial charge in [-0.3, -0.25) is 19.2 Å². The summed E-state index contributed by atoms with van der Waals surface area (Å²) in [5, 5.41) is 16.6. The van der Waals surface area contributed by atoms with Crippen molar-refractivity contribution in [3.8, 4) is 5.75 Å². The molecular formula is C32H37ClN4O6. The van der Waals surface area contributed by atoms with Crippen LogP contribution in [0.1, 0.15) is 56.7 Å². The van der Waals surface area contributed by atoms with Crippen LogP contribution in [-0.4, -0.2) is 64.4 Å². The summed E-state index contributed by atoms with van der Waals surface area (Å²) in [6.07, 6.45) is 4.83. The first-order valence-electron chi connectivity index (χ1n) is 14.2. The third-order valence-electron chi connectivity index (χ3n) is 7.64. The van der Waals surface area contributed by atoms with E-state index in [9.17, 15) is 24.3 Å². The number of phenolic OH excluding ortho intramolecular Hbond substituents is 1. The largest absolute Gasteiger partial charge is 0.506 e. The van der Waals surface area contributed by atoms with Crippen molar-refractivity contribution in [1.82, 2.24) is 20.5 Å². The van der Waals surface area contributed by atoms with E-state index in [2.05, 4.69) is 15.6 Å². The first kappa shape index (κ1) is 31.6. The summed E-state index contributed by atoms with van der Waals surface area (Å²) in [7, 11) is 1.52. The second kappa shape index (κ2) is 14.2. The maximum absolute atomic E-state index is 14.0. The number of ether oxygens (including phenoxy) is 1. The van der Waals surface area contributed by atoms with Crippen LogP contribution in [0.3, 0.4) is 0 Å². The second-order valence-electron chi connectivity index (χ2n) is 10.9. The van der Waals surface area contributed by atoms with Crippen LogP contribution < -0.4 is 10.6 Å². The van der Waals surface area contributed by atoms with Gasteiger partial charge in [0.2, 0.25) is 17.7 Å². The Morgan fingerprint density at radius 1 is 1.07 bits per heavy atom. The molecular weight excluding hydrogens is 572 g/mol. The van der Waals surface area contributed by atoms with E-state index in [4.69, 9.17) is 16.3 Å². The van der Waals surface area contributed by atoms with Gasteiger partial charge in [-0.1, -0.05) is 47.5 Å². The Balaban J connectivity index is 1.70. The number of para-hydroxylation sites is 1. The number of carbonyl (C=O) groups excluding carboxylic acids is 4. The lowest BCUT2D eigenvalue weighted by Gasteiger charge is -2.31. The average Bonchev–Trinajstić information content (AvgIpc) is 3.39. The number of likely N-dealkylation sites (N-methyl/N-ethyl adjacent to an activating group) is 1. The Hall–Kier alpha value is -4.31. The number of phenols is 1. The molecule has 1 aromatic heterocycles. The normalized spacial score (nSPS) is 23.0. The Bertz CT molecular complexity index is 1530. The second-order valence-corrected chi connectivity index (χ2v) is 11.3. The first-order valence-corrected chi connectivity index (χ1v) is 14.6.